The summed E-state index contributed by atoms with van der Waals surface area (Å²) < 4.78 is 25.1. The van der Waals surface area contributed by atoms with Crippen LogP contribution in [0.1, 0.15) is 53.5 Å². The summed E-state index contributed by atoms with van der Waals surface area (Å²) in [7, 11) is 1.65. The van der Waals surface area contributed by atoms with Gasteiger partial charge >= 0.3 is 6.09 Å². The van der Waals surface area contributed by atoms with Crippen LogP contribution >= 0.6 is 11.9 Å². The molecule has 0 bridgehead atoms. The van der Waals surface area contributed by atoms with Gasteiger partial charge < -0.3 is 29.4 Å². The number of hydrogen-bond donors (Lipinski definition) is 2. The minimum Gasteiger partial charge on any atom is -0.497 e. The summed E-state index contributed by atoms with van der Waals surface area (Å²) in [5.74, 6) is 1.94. The number of methoxy groups -OCH3 is 1. The van der Waals surface area contributed by atoms with Crippen molar-refractivity contribution in [2.45, 2.75) is 83.8 Å². The topological polar surface area (TPSA) is 89.5 Å². The third-order valence-electron chi connectivity index (χ3n) is 7.79. The molecular formula is C34H52N2O6S. The smallest absolute Gasteiger partial charge is 0.407 e. The quantitative estimate of drug-likeness (QED) is 0.249. The molecule has 2 saturated heterocycles. The average Bonchev–Trinajstić information content (AvgIpc) is 3.41. The van der Waals surface area contributed by atoms with Gasteiger partial charge in [-0.05, 0) is 73.4 Å². The maximum atomic E-state index is 13.2. The summed E-state index contributed by atoms with van der Waals surface area (Å²) in [4.78, 5) is 14.3. The number of aliphatic hydroxyl groups is 1. The Bertz CT molecular complexity index is 1070. The predicted molar refractivity (Wildman–Crippen MR) is 172 cm³/mol. The molecule has 2 aliphatic rings. The monoisotopic (exact) mass is 616 g/mol. The van der Waals surface area contributed by atoms with E-state index in [0.717, 1.165) is 29.2 Å². The van der Waals surface area contributed by atoms with E-state index in [1.165, 1.54) is 0 Å². The Labute approximate surface area is 262 Å². The molecule has 0 spiro atoms. The third-order valence-corrected chi connectivity index (χ3v) is 8.83. The molecule has 2 aromatic rings. The van der Waals surface area contributed by atoms with E-state index in [4.69, 9.17) is 18.9 Å². The van der Waals surface area contributed by atoms with Crippen LogP contribution in [0.2, 0.25) is 0 Å². The summed E-state index contributed by atoms with van der Waals surface area (Å²) in [6.07, 6.45) is -0.420. The third kappa shape index (κ3) is 11.0. The van der Waals surface area contributed by atoms with Gasteiger partial charge in [-0.25, -0.2) is 9.10 Å². The van der Waals surface area contributed by atoms with Crippen LogP contribution in [-0.4, -0.2) is 73.5 Å². The first-order chi connectivity index (χ1) is 20.7. The molecule has 2 N–H and O–H groups in total. The molecule has 2 fully saturated rings. The molecule has 2 aromatic carbocycles. The van der Waals surface area contributed by atoms with Crippen LogP contribution in [0.5, 0.6) is 5.75 Å². The highest BCUT2D eigenvalue weighted by molar-refractivity contribution is 7.97. The van der Waals surface area contributed by atoms with E-state index in [9.17, 15) is 9.90 Å². The molecule has 0 saturated carbocycles. The molecule has 7 unspecified atom stereocenters. The minimum absolute atomic E-state index is 0.0772. The SMILES string of the molecule is CC.COc1ccc(SN(CC(C)C)CC(O)C(Cc2ccccc2)NC(=O)OC(C)C2COC3OCC(C)CC32)cc1. The number of nitrogens with one attached hydrogen (secondary N) is 1. The number of benzene rings is 2. The Kier molecular flexibility index (Phi) is 14.6. The average molecular weight is 617 g/mol. The van der Waals surface area contributed by atoms with Crippen LogP contribution in [0.25, 0.3) is 0 Å². The summed E-state index contributed by atoms with van der Waals surface area (Å²) in [6.45, 7) is 14.8. The summed E-state index contributed by atoms with van der Waals surface area (Å²) in [5, 5.41) is 14.5. The van der Waals surface area contributed by atoms with Crippen molar-refractivity contribution in [1.29, 1.82) is 0 Å². The second-order valence-corrected chi connectivity index (χ2v) is 13.0. The van der Waals surface area contributed by atoms with Crippen molar-refractivity contribution in [3.8, 4) is 5.75 Å². The molecule has 0 radical (unpaired) electrons. The lowest BCUT2D eigenvalue weighted by Gasteiger charge is -2.33. The second kappa shape index (κ2) is 17.9. The van der Waals surface area contributed by atoms with Crippen LogP contribution in [-0.2, 0) is 20.6 Å². The van der Waals surface area contributed by atoms with Gasteiger partial charge in [0.2, 0.25) is 0 Å². The van der Waals surface area contributed by atoms with Crippen LogP contribution in [0.15, 0.2) is 59.5 Å². The number of carbonyl (C=O) groups is 1. The zero-order valence-electron chi connectivity index (χ0n) is 26.9. The Balaban J connectivity index is 0.00000248. The fourth-order valence-corrected chi connectivity index (χ4v) is 6.81. The molecule has 9 heteroatoms. The number of amides is 1. The van der Waals surface area contributed by atoms with E-state index in [-0.39, 0.29) is 24.2 Å². The first kappa shape index (κ1) is 35.2. The molecule has 0 aromatic heterocycles. The Morgan fingerprint density at radius 2 is 1.72 bits per heavy atom. The maximum absolute atomic E-state index is 13.2. The van der Waals surface area contributed by atoms with Gasteiger partial charge in [-0.3, -0.25) is 0 Å². The van der Waals surface area contributed by atoms with Crippen molar-refractivity contribution in [2.75, 3.05) is 33.4 Å². The zero-order valence-corrected chi connectivity index (χ0v) is 27.7. The van der Waals surface area contributed by atoms with Crippen molar-refractivity contribution in [1.82, 2.24) is 9.62 Å². The van der Waals surface area contributed by atoms with Crippen LogP contribution in [0, 0.1) is 23.7 Å². The van der Waals surface area contributed by atoms with E-state index in [2.05, 4.69) is 30.4 Å². The normalized spacial score (nSPS) is 23.5. The number of alkyl carbamates (subject to hydrolysis) is 1. The van der Waals surface area contributed by atoms with E-state index >= 15 is 0 Å². The lowest BCUT2D eigenvalue weighted by molar-refractivity contribution is -0.165. The summed E-state index contributed by atoms with van der Waals surface area (Å²) in [6, 6.07) is 17.3. The second-order valence-electron chi connectivity index (χ2n) is 11.8. The standard InChI is InChI=1S/C32H46N2O6S.C2H6/c1-21(2)17-34(41-26-13-11-25(37-5)12-14-26)18-30(35)29(16-24-9-7-6-8-10-24)33-32(36)40-23(4)28-20-39-31-27(28)15-22(3)19-38-31;1-2/h6-14,21-23,27-31,35H,15-20H2,1-5H3,(H,33,36);1-2H3. The van der Waals surface area contributed by atoms with Crippen molar-refractivity contribution in [2.24, 2.45) is 23.7 Å². The number of hydrogen-bond acceptors (Lipinski definition) is 8. The van der Waals surface area contributed by atoms with E-state index in [1.54, 1.807) is 19.1 Å². The van der Waals surface area contributed by atoms with Gasteiger partial charge in [0.05, 0.1) is 32.5 Å². The number of carbonyl (C=O) groups excluding carboxylic acids is 1. The number of fused-ring (bicyclic) bond motifs is 1. The number of nitrogens with zero attached hydrogens (tertiary/aromatic N) is 1. The van der Waals surface area contributed by atoms with E-state index in [0.29, 0.717) is 38.0 Å². The fourth-order valence-electron chi connectivity index (χ4n) is 5.66. The van der Waals surface area contributed by atoms with Crippen molar-refractivity contribution < 1.29 is 28.8 Å². The lowest BCUT2D eigenvalue weighted by atomic mass is 9.82. The van der Waals surface area contributed by atoms with Gasteiger partial charge in [0.25, 0.3) is 0 Å². The molecule has 7 atom stereocenters. The highest BCUT2D eigenvalue weighted by atomic mass is 32.2. The van der Waals surface area contributed by atoms with Gasteiger partial charge in [0.1, 0.15) is 11.9 Å². The largest absolute Gasteiger partial charge is 0.497 e. The van der Waals surface area contributed by atoms with Crippen LogP contribution in [0.3, 0.4) is 0 Å². The summed E-state index contributed by atoms with van der Waals surface area (Å²) >= 11 is 1.59. The number of aliphatic hydroxyl groups excluding tert-OH is 1. The van der Waals surface area contributed by atoms with E-state index < -0.39 is 18.2 Å². The van der Waals surface area contributed by atoms with E-state index in [1.807, 2.05) is 75.4 Å². The molecule has 8 nitrogen and oxygen atoms in total. The molecule has 2 heterocycles. The van der Waals surface area contributed by atoms with Crippen molar-refractivity contribution in [3.63, 3.8) is 0 Å². The van der Waals surface area contributed by atoms with Gasteiger partial charge in [0, 0.05) is 29.8 Å². The molecule has 1 amide bonds. The first-order valence-corrected chi connectivity index (χ1v) is 16.5. The summed E-state index contributed by atoms with van der Waals surface area (Å²) in [5.41, 5.74) is 1.03. The molecule has 43 heavy (non-hydrogen) atoms. The maximum Gasteiger partial charge on any atom is 0.407 e. The Morgan fingerprint density at radius 3 is 2.37 bits per heavy atom. The van der Waals surface area contributed by atoms with Gasteiger partial charge in [-0.15, -0.1) is 0 Å². The fraction of sp³-hybridized carbons (Fsp3) is 0.618. The highest BCUT2D eigenvalue weighted by Crippen LogP contribution is 2.39. The van der Waals surface area contributed by atoms with Gasteiger partial charge in [0.15, 0.2) is 6.29 Å². The first-order valence-electron chi connectivity index (χ1n) is 15.7. The van der Waals surface area contributed by atoms with Crippen LogP contribution in [0.4, 0.5) is 4.79 Å². The van der Waals surface area contributed by atoms with Crippen LogP contribution < -0.4 is 10.1 Å². The van der Waals surface area contributed by atoms with Gasteiger partial charge in [-0.1, -0.05) is 65.0 Å². The number of rotatable bonds is 13. The molecule has 0 aliphatic carbocycles. The molecular weight excluding hydrogens is 564 g/mol. The molecule has 2 aliphatic heterocycles. The van der Waals surface area contributed by atoms with Crippen molar-refractivity contribution >= 4 is 18.0 Å². The minimum atomic E-state index is -0.825. The Hall–Kier alpha value is -2.30. The predicted octanol–water partition coefficient (Wildman–Crippen LogP) is 6.42. The lowest BCUT2D eigenvalue weighted by Crippen LogP contribution is -2.50. The zero-order chi connectivity index (χ0) is 31.4. The van der Waals surface area contributed by atoms with Gasteiger partial charge in [-0.2, -0.15) is 0 Å². The molecule has 240 valence electrons. The highest BCUT2D eigenvalue weighted by Gasteiger charge is 2.45. The number of ether oxygens (including phenoxy) is 4. The Morgan fingerprint density at radius 1 is 1.05 bits per heavy atom. The molecule has 4 rings (SSSR count). The van der Waals surface area contributed by atoms with Crippen molar-refractivity contribution in [3.05, 3.63) is 60.2 Å².